The van der Waals surface area contributed by atoms with E-state index < -0.39 is 16.1 Å². The van der Waals surface area contributed by atoms with Gasteiger partial charge in [0.1, 0.15) is 21.6 Å². The van der Waals surface area contributed by atoms with Gasteiger partial charge in [0.15, 0.2) is 0 Å². The minimum absolute atomic E-state index is 0.0580. The van der Waals surface area contributed by atoms with Crippen molar-refractivity contribution in [3.63, 3.8) is 0 Å². The Kier molecular flexibility index (Phi) is 5.10. The van der Waals surface area contributed by atoms with Gasteiger partial charge >= 0.3 is 6.09 Å². The van der Waals surface area contributed by atoms with Gasteiger partial charge in [0.25, 0.3) is 10.0 Å². The van der Waals surface area contributed by atoms with E-state index in [2.05, 4.69) is 14.7 Å². The van der Waals surface area contributed by atoms with Crippen molar-refractivity contribution in [1.29, 1.82) is 0 Å². The molecular formula is C13H13ClN4O5S. The normalized spacial score (nSPS) is 11.0. The Morgan fingerprint density at radius 1 is 1.38 bits per heavy atom. The maximum atomic E-state index is 12.3. The zero-order valence-electron chi connectivity index (χ0n) is 12.6. The Morgan fingerprint density at radius 3 is 2.67 bits per heavy atom. The summed E-state index contributed by atoms with van der Waals surface area (Å²) >= 11 is 5.79. The van der Waals surface area contributed by atoms with Gasteiger partial charge in [0.2, 0.25) is 5.88 Å². The van der Waals surface area contributed by atoms with Crippen LogP contribution in [0.3, 0.4) is 0 Å². The monoisotopic (exact) mass is 372 g/mol. The fourth-order valence-corrected chi connectivity index (χ4v) is 3.22. The molecule has 2 aromatic rings. The van der Waals surface area contributed by atoms with Gasteiger partial charge in [-0.05, 0) is 24.3 Å². The molecule has 9 nitrogen and oxygen atoms in total. The lowest BCUT2D eigenvalue weighted by Gasteiger charge is -2.17. The van der Waals surface area contributed by atoms with Gasteiger partial charge < -0.3 is 9.84 Å². The highest BCUT2D eigenvalue weighted by Crippen LogP contribution is 2.28. The largest absolute Gasteiger partial charge is 0.479 e. The Morgan fingerprint density at radius 2 is 2.08 bits per heavy atom. The number of hydrogen-bond acceptors (Lipinski definition) is 6. The Labute approximate surface area is 142 Å². The van der Waals surface area contributed by atoms with Crippen LogP contribution >= 0.6 is 11.6 Å². The minimum Gasteiger partial charge on any atom is -0.479 e. The van der Waals surface area contributed by atoms with Crippen LogP contribution in [0.1, 0.15) is 0 Å². The molecule has 2 heterocycles. The lowest BCUT2D eigenvalue weighted by Crippen LogP contribution is -2.24. The fraction of sp³-hybridized carbons (Fsp3) is 0.154. The number of carboxylic acid groups (broad SMARTS) is 1. The average Bonchev–Trinajstić information content (AvgIpc) is 2.53. The fourth-order valence-electron chi connectivity index (χ4n) is 1.76. The second-order valence-electron chi connectivity index (χ2n) is 4.46. The topological polar surface area (TPSA) is 122 Å². The van der Waals surface area contributed by atoms with E-state index in [0.717, 1.165) is 4.90 Å². The molecule has 0 unspecified atom stereocenters. The lowest BCUT2D eigenvalue weighted by atomic mass is 10.3. The molecule has 2 rings (SSSR count). The van der Waals surface area contributed by atoms with Crippen LogP contribution in [-0.4, -0.2) is 43.7 Å². The van der Waals surface area contributed by atoms with Crippen molar-refractivity contribution in [2.45, 2.75) is 4.90 Å². The second-order valence-corrected chi connectivity index (χ2v) is 6.47. The number of nitrogens with one attached hydrogen (secondary N) is 1. The van der Waals surface area contributed by atoms with E-state index in [9.17, 15) is 13.2 Å². The molecule has 2 N–H and O–H groups in total. The Bertz CT molecular complexity index is 874. The number of halogens is 1. The van der Waals surface area contributed by atoms with Gasteiger partial charge in [-0.25, -0.2) is 18.2 Å². The average molecular weight is 373 g/mol. The van der Waals surface area contributed by atoms with E-state index in [1.54, 1.807) is 0 Å². The quantitative estimate of drug-likeness (QED) is 0.770. The molecule has 0 aliphatic rings. The molecule has 0 aliphatic carbocycles. The predicted octanol–water partition coefficient (Wildman–Crippen LogP) is 2.05. The molecule has 0 spiro atoms. The predicted molar refractivity (Wildman–Crippen MR) is 87.3 cm³/mol. The van der Waals surface area contributed by atoms with E-state index in [0.29, 0.717) is 0 Å². The number of sulfonamides is 1. The number of pyridine rings is 2. The van der Waals surface area contributed by atoms with Crippen LogP contribution < -0.4 is 14.4 Å². The van der Waals surface area contributed by atoms with Crippen molar-refractivity contribution < 1.29 is 23.1 Å². The number of amides is 1. The maximum Gasteiger partial charge on any atom is 0.411 e. The third-order valence-electron chi connectivity index (χ3n) is 2.94. The molecule has 0 saturated heterocycles. The van der Waals surface area contributed by atoms with Crippen molar-refractivity contribution in [3.8, 4) is 5.88 Å². The summed E-state index contributed by atoms with van der Waals surface area (Å²) in [7, 11) is -1.41. The van der Waals surface area contributed by atoms with Gasteiger partial charge in [-0.15, -0.1) is 0 Å². The van der Waals surface area contributed by atoms with Crippen molar-refractivity contribution in [2.24, 2.45) is 0 Å². The minimum atomic E-state index is -4.01. The number of rotatable bonds is 5. The van der Waals surface area contributed by atoms with E-state index >= 15 is 0 Å². The molecule has 0 aromatic carbocycles. The van der Waals surface area contributed by atoms with Gasteiger partial charge in [0, 0.05) is 13.2 Å². The van der Waals surface area contributed by atoms with Crippen LogP contribution in [0.2, 0.25) is 5.15 Å². The standard InChI is InChI=1S/C13H13ClN4O5S/c1-18(13(19)20)8-5-6-10(16-12(8)23-2)17-24(21,22)9-4-3-7-15-11(9)14/h3-7H,1-2H3,(H,16,17)(H,19,20). The first-order valence-electron chi connectivity index (χ1n) is 6.41. The van der Waals surface area contributed by atoms with Crippen LogP contribution in [0.4, 0.5) is 16.3 Å². The molecule has 11 heteroatoms. The zero-order valence-corrected chi connectivity index (χ0v) is 14.2. The van der Waals surface area contributed by atoms with Crippen molar-refractivity contribution in [1.82, 2.24) is 9.97 Å². The molecule has 128 valence electrons. The van der Waals surface area contributed by atoms with Crippen molar-refractivity contribution in [2.75, 3.05) is 23.8 Å². The summed E-state index contributed by atoms with van der Waals surface area (Å²) in [5.41, 5.74) is 0.160. The smallest absolute Gasteiger partial charge is 0.411 e. The Balaban J connectivity index is 2.37. The number of methoxy groups -OCH3 is 1. The number of carbonyl (C=O) groups is 1. The highest BCUT2D eigenvalue weighted by atomic mass is 35.5. The highest BCUT2D eigenvalue weighted by Gasteiger charge is 2.21. The first-order valence-corrected chi connectivity index (χ1v) is 8.27. The Hall–Kier alpha value is -2.59. The molecular weight excluding hydrogens is 360 g/mol. The summed E-state index contributed by atoms with van der Waals surface area (Å²) in [5.74, 6) is -0.119. The molecule has 0 aliphatic heterocycles. The lowest BCUT2D eigenvalue weighted by molar-refractivity contribution is 0.203. The summed E-state index contributed by atoms with van der Waals surface area (Å²) < 4.78 is 31.9. The van der Waals surface area contributed by atoms with E-state index in [4.69, 9.17) is 21.4 Å². The number of anilines is 2. The number of aromatic nitrogens is 2. The van der Waals surface area contributed by atoms with Crippen LogP contribution in [0.15, 0.2) is 35.4 Å². The van der Waals surface area contributed by atoms with Crippen LogP contribution in [-0.2, 0) is 10.0 Å². The molecule has 0 radical (unpaired) electrons. The summed E-state index contributed by atoms with van der Waals surface area (Å²) in [6.07, 6.45) is 0.143. The molecule has 0 saturated carbocycles. The SMILES string of the molecule is COc1nc(NS(=O)(=O)c2cccnc2Cl)ccc1N(C)C(=O)O. The van der Waals surface area contributed by atoms with Gasteiger partial charge in [-0.1, -0.05) is 11.6 Å². The highest BCUT2D eigenvalue weighted by molar-refractivity contribution is 7.92. The second kappa shape index (κ2) is 6.89. The van der Waals surface area contributed by atoms with Gasteiger partial charge in [-0.2, -0.15) is 4.98 Å². The third kappa shape index (κ3) is 3.66. The van der Waals surface area contributed by atoms with Crippen LogP contribution in [0, 0.1) is 0 Å². The molecule has 0 fully saturated rings. The molecule has 24 heavy (non-hydrogen) atoms. The number of ether oxygens (including phenoxy) is 1. The van der Waals surface area contributed by atoms with Crippen LogP contribution in [0.25, 0.3) is 0 Å². The molecule has 2 aromatic heterocycles. The molecule has 0 atom stereocenters. The van der Waals surface area contributed by atoms with E-state index in [-0.39, 0.29) is 27.4 Å². The number of hydrogen-bond donors (Lipinski definition) is 2. The van der Waals surface area contributed by atoms with Crippen molar-refractivity contribution in [3.05, 3.63) is 35.6 Å². The third-order valence-corrected chi connectivity index (χ3v) is 4.73. The zero-order chi connectivity index (χ0) is 17.9. The first-order chi connectivity index (χ1) is 11.3. The first kappa shape index (κ1) is 17.8. The van der Waals surface area contributed by atoms with E-state index in [1.807, 2.05) is 0 Å². The summed E-state index contributed by atoms with van der Waals surface area (Å²) in [5, 5.41) is 8.82. The summed E-state index contributed by atoms with van der Waals surface area (Å²) in [6, 6.07) is 5.39. The van der Waals surface area contributed by atoms with Gasteiger partial charge in [-0.3, -0.25) is 9.62 Å². The molecule has 1 amide bonds. The van der Waals surface area contributed by atoms with Crippen molar-refractivity contribution >= 4 is 39.2 Å². The molecule has 0 bridgehead atoms. The van der Waals surface area contributed by atoms with Crippen LogP contribution in [0.5, 0.6) is 5.88 Å². The van der Waals surface area contributed by atoms with E-state index in [1.165, 1.54) is 44.6 Å². The summed E-state index contributed by atoms with van der Waals surface area (Å²) in [4.78, 5) is 19.4. The summed E-state index contributed by atoms with van der Waals surface area (Å²) in [6.45, 7) is 0. The number of nitrogens with zero attached hydrogens (tertiary/aromatic N) is 3. The van der Waals surface area contributed by atoms with Gasteiger partial charge in [0.05, 0.1) is 7.11 Å². The maximum absolute atomic E-state index is 12.3.